The Kier molecular flexibility index (Phi) is 4.70. The van der Waals surface area contributed by atoms with Gasteiger partial charge in [-0.3, -0.25) is 4.79 Å². The molecule has 1 heterocycles. The lowest BCUT2D eigenvalue weighted by Gasteiger charge is -2.03. The summed E-state index contributed by atoms with van der Waals surface area (Å²) in [6.45, 7) is 0. The van der Waals surface area contributed by atoms with E-state index in [1.165, 1.54) is 11.8 Å². The number of carbonyl (C=O) groups excluding carboxylic acids is 1. The Bertz CT molecular complexity index is 729. The van der Waals surface area contributed by atoms with Crippen molar-refractivity contribution >= 4 is 45.0 Å². The third-order valence-electron chi connectivity index (χ3n) is 3.03. The zero-order chi connectivity index (χ0) is 15.4. The van der Waals surface area contributed by atoms with Crippen molar-refractivity contribution < 1.29 is 4.79 Å². The molecule has 22 heavy (non-hydrogen) atoms. The summed E-state index contributed by atoms with van der Waals surface area (Å²) >= 11 is 4.76. The van der Waals surface area contributed by atoms with Crippen molar-refractivity contribution in [1.29, 1.82) is 0 Å². The summed E-state index contributed by atoms with van der Waals surface area (Å²) in [5.74, 6) is -0.0613. The molecule has 1 N–H and O–H groups in total. The van der Waals surface area contributed by atoms with E-state index in [4.69, 9.17) is 0 Å². The van der Waals surface area contributed by atoms with Gasteiger partial charge in [0.25, 0.3) is 0 Å². The van der Waals surface area contributed by atoms with Crippen molar-refractivity contribution in [2.24, 2.45) is 10.2 Å². The molecule has 1 aliphatic heterocycles. The van der Waals surface area contributed by atoms with Crippen molar-refractivity contribution in [1.82, 2.24) is 5.32 Å². The highest BCUT2D eigenvalue weighted by Gasteiger charge is 2.31. The molecule has 1 aliphatic rings. The van der Waals surface area contributed by atoms with Crippen molar-refractivity contribution in [3.8, 4) is 0 Å². The number of amidine groups is 1. The van der Waals surface area contributed by atoms with E-state index in [1.54, 1.807) is 6.21 Å². The van der Waals surface area contributed by atoms with E-state index in [9.17, 15) is 4.79 Å². The van der Waals surface area contributed by atoms with Crippen LogP contribution in [0.15, 0.2) is 69.3 Å². The van der Waals surface area contributed by atoms with E-state index in [2.05, 4.69) is 31.4 Å². The fourth-order valence-corrected chi connectivity index (χ4v) is 3.16. The number of hydrogen-bond donors (Lipinski definition) is 1. The second-order valence-electron chi connectivity index (χ2n) is 4.60. The van der Waals surface area contributed by atoms with Gasteiger partial charge in [0.05, 0.1) is 6.21 Å². The largest absolute Gasteiger partial charge is 0.302 e. The lowest BCUT2D eigenvalue weighted by Crippen LogP contribution is -2.21. The highest BCUT2D eigenvalue weighted by atomic mass is 79.9. The molecule has 2 aromatic carbocycles. The molecule has 2 aromatic rings. The molecule has 110 valence electrons. The molecule has 1 unspecified atom stereocenters. The summed E-state index contributed by atoms with van der Waals surface area (Å²) in [4.78, 5) is 12.0. The molecule has 0 radical (unpaired) electrons. The van der Waals surface area contributed by atoms with Crippen molar-refractivity contribution in [3.63, 3.8) is 0 Å². The molecule has 0 aromatic heterocycles. The average Bonchev–Trinajstić information content (AvgIpc) is 2.91. The molecule has 1 fully saturated rings. The van der Waals surface area contributed by atoms with Crippen LogP contribution in [0.3, 0.4) is 0 Å². The molecule has 0 bridgehead atoms. The third-order valence-corrected chi connectivity index (χ3v) is 4.68. The number of thioether (sulfide) groups is 1. The van der Waals surface area contributed by atoms with E-state index in [0.717, 1.165) is 15.6 Å². The molecule has 4 nitrogen and oxygen atoms in total. The van der Waals surface area contributed by atoms with E-state index in [1.807, 2.05) is 54.6 Å². The molecule has 0 saturated carbocycles. The molecular weight excluding hydrogens is 362 g/mol. The van der Waals surface area contributed by atoms with Gasteiger partial charge >= 0.3 is 0 Å². The van der Waals surface area contributed by atoms with Gasteiger partial charge in [-0.15, -0.1) is 5.10 Å². The second-order valence-corrected chi connectivity index (χ2v) is 6.61. The Labute approximate surface area is 140 Å². The lowest BCUT2D eigenvalue weighted by molar-refractivity contribution is -0.118. The SMILES string of the molecule is O=C1N/C(=N/N=C/c2ccc(Br)cc2)SC1c1ccccc1. The second kappa shape index (κ2) is 6.89. The maximum absolute atomic E-state index is 12.0. The first-order chi connectivity index (χ1) is 10.7. The number of nitrogens with zero attached hydrogens (tertiary/aromatic N) is 2. The first-order valence-corrected chi connectivity index (χ1v) is 8.29. The van der Waals surface area contributed by atoms with Gasteiger partial charge in [-0.25, -0.2) is 0 Å². The smallest absolute Gasteiger partial charge is 0.244 e. The van der Waals surface area contributed by atoms with Crippen LogP contribution >= 0.6 is 27.7 Å². The first kappa shape index (κ1) is 15.0. The molecule has 6 heteroatoms. The average molecular weight is 374 g/mol. The Morgan fingerprint density at radius 1 is 1.09 bits per heavy atom. The first-order valence-electron chi connectivity index (χ1n) is 6.61. The Morgan fingerprint density at radius 3 is 2.55 bits per heavy atom. The van der Waals surface area contributed by atoms with Crippen LogP contribution in [0.4, 0.5) is 0 Å². The molecule has 1 amide bonds. The van der Waals surface area contributed by atoms with Crippen LogP contribution in [-0.2, 0) is 4.79 Å². The highest BCUT2D eigenvalue weighted by Crippen LogP contribution is 2.34. The number of amides is 1. The number of benzene rings is 2. The van der Waals surface area contributed by atoms with Gasteiger partial charge in [-0.1, -0.05) is 70.2 Å². The summed E-state index contributed by atoms with van der Waals surface area (Å²) in [5, 5.41) is 11.1. The van der Waals surface area contributed by atoms with Crippen LogP contribution in [0.2, 0.25) is 0 Å². The minimum absolute atomic E-state index is 0.0613. The summed E-state index contributed by atoms with van der Waals surface area (Å²) < 4.78 is 1.01. The fourth-order valence-electron chi connectivity index (χ4n) is 1.96. The van der Waals surface area contributed by atoms with Gasteiger partial charge < -0.3 is 5.32 Å². The highest BCUT2D eigenvalue weighted by molar-refractivity contribution is 9.10. The quantitative estimate of drug-likeness (QED) is 0.657. The molecule has 0 spiro atoms. The van der Waals surface area contributed by atoms with Gasteiger partial charge in [0.15, 0.2) is 5.17 Å². The topological polar surface area (TPSA) is 53.8 Å². The van der Waals surface area contributed by atoms with Crippen LogP contribution in [0.5, 0.6) is 0 Å². The van der Waals surface area contributed by atoms with Gasteiger partial charge in [0, 0.05) is 4.47 Å². The zero-order valence-corrected chi connectivity index (χ0v) is 13.8. The van der Waals surface area contributed by atoms with E-state index in [0.29, 0.717) is 5.17 Å². The number of halogens is 1. The number of rotatable bonds is 3. The minimum atomic E-state index is -0.261. The van der Waals surface area contributed by atoms with Crippen molar-refractivity contribution in [3.05, 3.63) is 70.2 Å². The molecule has 3 rings (SSSR count). The van der Waals surface area contributed by atoms with E-state index in [-0.39, 0.29) is 11.2 Å². The molecule has 1 atom stereocenters. The number of hydrogen-bond acceptors (Lipinski definition) is 4. The predicted octanol–water partition coefficient (Wildman–Crippen LogP) is 3.74. The molecular formula is C16H12BrN3OS. The fraction of sp³-hybridized carbons (Fsp3) is 0.0625. The Morgan fingerprint density at radius 2 is 1.82 bits per heavy atom. The molecule has 0 aliphatic carbocycles. The monoisotopic (exact) mass is 373 g/mol. The number of nitrogens with one attached hydrogen (secondary N) is 1. The van der Waals surface area contributed by atoms with E-state index >= 15 is 0 Å². The minimum Gasteiger partial charge on any atom is -0.302 e. The lowest BCUT2D eigenvalue weighted by atomic mass is 10.1. The van der Waals surface area contributed by atoms with Crippen molar-refractivity contribution in [2.75, 3.05) is 0 Å². The van der Waals surface area contributed by atoms with Crippen LogP contribution in [0.1, 0.15) is 16.4 Å². The summed E-state index contributed by atoms with van der Waals surface area (Å²) in [5.41, 5.74) is 1.91. The Hall–Kier alpha value is -1.92. The third kappa shape index (κ3) is 3.64. The van der Waals surface area contributed by atoms with Crippen LogP contribution in [0, 0.1) is 0 Å². The summed E-state index contributed by atoms with van der Waals surface area (Å²) in [6, 6.07) is 17.4. The molecule has 1 saturated heterocycles. The maximum atomic E-state index is 12.0. The van der Waals surface area contributed by atoms with Gasteiger partial charge in [-0.2, -0.15) is 5.10 Å². The van der Waals surface area contributed by atoms with Crippen LogP contribution < -0.4 is 5.32 Å². The standard InChI is InChI=1S/C16H12BrN3OS/c17-13-8-6-11(7-9-13)10-18-20-16-19-15(21)14(22-16)12-4-2-1-3-5-12/h1-10,14H,(H,19,20,21)/b18-10+. The maximum Gasteiger partial charge on any atom is 0.244 e. The Balaban J connectivity index is 1.69. The summed E-state index contributed by atoms with van der Waals surface area (Å²) in [7, 11) is 0. The van der Waals surface area contributed by atoms with Gasteiger partial charge in [0.1, 0.15) is 5.25 Å². The zero-order valence-electron chi connectivity index (χ0n) is 11.4. The summed E-state index contributed by atoms with van der Waals surface area (Å²) in [6.07, 6.45) is 1.65. The van der Waals surface area contributed by atoms with Crippen LogP contribution in [0.25, 0.3) is 0 Å². The van der Waals surface area contributed by atoms with E-state index < -0.39 is 0 Å². The normalized spacial score (nSPS) is 19.8. The predicted molar refractivity (Wildman–Crippen MR) is 94.1 cm³/mol. The van der Waals surface area contributed by atoms with Gasteiger partial charge in [-0.05, 0) is 23.3 Å². The number of carbonyl (C=O) groups is 1. The van der Waals surface area contributed by atoms with Crippen LogP contribution in [-0.4, -0.2) is 17.3 Å². The van der Waals surface area contributed by atoms with Crippen molar-refractivity contribution in [2.45, 2.75) is 5.25 Å². The van der Waals surface area contributed by atoms with Gasteiger partial charge in [0.2, 0.25) is 5.91 Å².